The Bertz CT molecular complexity index is 1040. The average Bonchev–Trinajstić information content (AvgIpc) is 2.86. The molecule has 182 valence electrons. The molecule has 0 spiro atoms. The number of amides is 1. The molecule has 7 nitrogen and oxygen atoms in total. The van der Waals surface area contributed by atoms with Gasteiger partial charge in [-0.1, -0.05) is 37.3 Å². The van der Waals surface area contributed by atoms with Crippen molar-refractivity contribution in [3.63, 3.8) is 0 Å². The Labute approximate surface area is 207 Å². The zero-order valence-electron chi connectivity index (χ0n) is 20.8. The number of hydrogen-bond donors (Lipinski definition) is 0. The number of hydrogen-bond acceptors (Lipinski definition) is 6. The van der Waals surface area contributed by atoms with E-state index in [1.807, 2.05) is 45.7 Å². The highest BCUT2D eigenvalue weighted by atomic mass is 35.5. The summed E-state index contributed by atoms with van der Waals surface area (Å²) in [6, 6.07) is 4.93. The number of carbonyl (C=O) groups is 1. The van der Waals surface area contributed by atoms with Gasteiger partial charge in [-0.15, -0.1) is 0 Å². The van der Waals surface area contributed by atoms with E-state index in [1.54, 1.807) is 36.4 Å². The average molecular weight is 485 g/mol. The van der Waals surface area contributed by atoms with E-state index in [9.17, 15) is 4.79 Å². The van der Waals surface area contributed by atoms with Gasteiger partial charge in [0.05, 0.1) is 29.9 Å². The van der Waals surface area contributed by atoms with Gasteiger partial charge in [-0.2, -0.15) is 0 Å². The number of likely N-dealkylation sites (N-methyl/N-ethyl adjacent to an activating group) is 1. The molecule has 2 aromatic heterocycles. The van der Waals surface area contributed by atoms with E-state index in [2.05, 4.69) is 21.8 Å². The third kappa shape index (κ3) is 7.13. The van der Waals surface area contributed by atoms with Gasteiger partial charge in [0, 0.05) is 44.0 Å². The normalized spacial score (nSPS) is 11.8. The predicted molar refractivity (Wildman–Crippen MR) is 137 cm³/mol. The molecule has 0 N–H and O–H groups in total. The van der Waals surface area contributed by atoms with E-state index in [0.29, 0.717) is 34.6 Å². The Balaban J connectivity index is 2.33. The molecule has 1 atom stereocenters. The minimum atomic E-state index is -0.212. The number of ether oxygens (including phenoxy) is 2. The van der Waals surface area contributed by atoms with Gasteiger partial charge >= 0.3 is 0 Å². The van der Waals surface area contributed by atoms with Crippen LogP contribution in [0.15, 0.2) is 42.4 Å². The molecule has 0 aromatic carbocycles. The van der Waals surface area contributed by atoms with E-state index in [0.717, 1.165) is 18.5 Å². The molecule has 0 aliphatic carbocycles. The van der Waals surface area contributed by atoms with Gasteiger partial charge in [-0.25, -0.2) is 9.97 Å². The molecule has 1 unspecified atom stereocenters. The molecule has 0 aliphatic heterocycles. The first-order valence-corrected chi connectivity index (χ1v) is 11.7. The minimum absolute atomic E-state index is 0.161. The lowest BCUT2D eigenvalue weighted by Gasteiger charge is -2.30. The molecule has 2 rings (SSSR count). The molecule has 0 saturated carbocycles. The summed E-state index contributed by atoms with van der Waals surface area (Å²) in [5, 5.41) is 0.536. The maximum Gasteiger partial charge on any atom is 0.258 e. The lowest BCUT2D eigenvalue weighted by atomic mass is 10.1. The molecule has 0 bridgehead atoms. The first-order chi connectivity index (χ1) is 16.4. The molecule has 2 heterocycles. The van der Waals surface area contributed by atoms with Crippen molar-refractivity contribution in [1.29, 1.82) is 0 Å². The van der Waals surface area contributed by atoms with Crippen LogP contribution < -0.4 is 14.4 Å². The Morgan fingerprint density at radius 1 is 1.24 bits per heavy atom. The standard InChI is InChI=1S/C26H33ClN4O3/c1-7-10-11-12-21(8-2)30(5)25-23(15-22(33-6)17-29-25)26(32)31(9-3)19(4)18-34-24-14-13-20(27)16-28-24/h12-17,19H,7-9,18H2,1-6H3/b21-12-. The second-order valence-corrected chi connectivity index (χ2v) is 7.97. The summed E-state index contributed by atoms with van der Waals surface area (Å²) >= 11 is 5.89. The summed E-state index contributed by atoms with van der Waals surface area (Å²) in [4.78, 5) is 26.1. The SMILES string of the molecule is CCC#C/C=C(/CC)N(C)c1ncc(OC)cc1C(=O)N(CC)C(C)COc1ccc(Cl)cn1. The van der Waals surface area contributed by atoms with Crippen LogP contribution in [0.1, 0.15) is 50.9 Å². The lowest BCUT2D eigenvalue weighted by molar-refractivity contribution is 0.0646. The van der Waals surface area contributed by atoms with E-state index < -0.39 is 0 Å². The summed E-state index contributed by atoms with van der Waals surface area (Å²) < 4.78 is 11.1. The van der Waals surface area contributed by atoms with Gasteiger partial charge < -0.3 is 19.3 Å². The second-order valence-electron chi connectivity index (χ2n) is 7.54. The van der Waals surface area contributed by atoms with Crippen molar-refractivity contribution in [2.45, 2.75) is 46.6 Å². The van der Waals surface area contributed by atoms with Crippen molar-refractivity contribution in [1.82, 2.24) is 14.9 Å². The maximum atomic E-state index is 13.7. The first kappa shape index (κ1) is 27.0. The minimum Gasteiger partial charge on any atom is -0.495 e. The van der Waals surface area contributed by atoms with Crippen LogP contribution in [0, 0.1) is 11.8 Å². The highest BCUT2D eigenvalue weighted by Crippen LogP contribution is 2.27. The van der Waals surface area contributed by atoms with Gasteiger partial charge in [0.1, 0.15) is 18.2 Å². The lowest BCUT2D eigenvalue weighted by Crippen LogP contribution is -2.42. The molecule has 1 amide bonds. The second kappa shape index (κ2) is 13.5. The van der Waals surface area contributed by atoms with E-state index >= 15 is 0 Å². The van der Waals surface area contributed by atoms with Crippen LogP contribution in [0.4, 0.5) is 5.82 Å². The highest BCUT2D eigenvalue weighted by molar-refractivity contribution is 6.30. The van der Waals surface area contributed by atoms with E-state index in [1.165, 1.54) is 6.20 Å². The van der Waals surface area contributed by atoms with Crippen molar-refractivity contribution in [3.8, 4) is 23.5 Å². The number of halogens is 1. The molecule has 0 radical (unpaired) electrons. The first-order valence-electron chi connectivity index (χ1n) is 11.4. The summed E-state index contributed by atoms with van der Waals surface area (Å²) in [6.45, 7) is 8.70. The number of carbonyl (C=O) groups excluding carboxylic acids is 1. The van der Waals surface area contributed by atoms with Crippen LogP contribution in [0.2, 0.25) is 5.02 Å². The van der Waals surface area contributed by atoms with Crippen LogP contribution >= 0.6 is 11.6 Å². The van der Waals surface area contributed by atoms with Gasteiger partial charge in [0.15, 0.2) is 0 Å². The zero-order chi connectivity index (χ0) is 25.1. The number of methoxy groups -OCH3 is 1. The fourth-order valence-electron chi connectivity index (χ4n) is 3.34. The van der Waals surface area contributed by atoms with Crippen molar-refractivity contribution in [2.75, 3.05) is 32.2 Å². The van der Waals surface area contributed by atoms with Crippen molar-refractivity contribution >= 4 is 23.3 Å². The molecule has 0 aliphatic rings. The predicted octanol–water partition coefficient (Wildman–Crippen LogP) is 5.21. The van der Waals surface area contributed by atoms with E-state index in [4.69, 9.17) is 21.1 Å². The number of rotatable bonds is 10. The zero-order valence-corrected chi connectivity index (χ0v) is 21.5. The maximum absolute atomic E-state index is 13.7. The van der Waals surface area contributed by atoms with Crippen molar-refractivity contribution < 1.29 is 14.3 Å². The molecular weight excluding hydrogens is 452 g/mol. The Hall–Kier alpha value is -3.24. The third-order valence-electron chi connectivity index (χ3n) is 5.24. The number of anilines is 1. The Morgan fingerprint density at radius 3 is 2.59 bits per heavy atom. The van der Waals surface area contributed by atoms with Crippen LogP contribution in [0.25, 0.3) is 0 Å². The summed E-state index contributed by atoms with van der Waals surface area (Å²) in [7, 11) is 3.45. The number of allylic oxidation sites excluding steroid dienone is 2. The largest absolute Gasteiger partial charge is 0.495 e. The van der Waals surface area contributed by atoms with Crippen LogP contribution in [-0.2, 0) is 0 Å². The number of nitrogens with zero attached hydrogens (tertiary/aromatic N) is 4. The Kier molecular flexibility index (Phi) is 10.7. The van der Waals surface area contributed by atoms with Crippen LogP contribution in [-0.4, -0.2) is 54.1 Å². The molecule has 0 saturated heterocycles. The quantitative estimate of drug-likeness (QED) is 0.431. The van der Waals surface area contributed by atoms with Crippen molar-refractivity contribution in [2.24, 2.45) is 0 Å². The van der Waals surface area contributed by atoms with Crippen LogP contribution in [0.3, 0.4) is 0 Å². The summed E-state index contributed by atoms with van der Waals surface area (Å²) in [5.74, 6) is 7.47. The highest BCUT2D eigenvalue weighted by Gasteiger charge is 2.26. The molecular formula is C26H33ClN4O3. The number of aromatic nitrogens is 2. The molecule has 0 fully saturated rings. The third-order valence-corrected chi connectivity index (χ3v) is 5.47. The smallest absolute Gasteiger partial charge is 0.258 e. The molecule has 8 heteroatoms. The summed E-state index contributed by atoms with van der Waals surface area (Å²) in [6.07, 6.45) is 6.53. The van der Waals surface area contributed by atoms with Gasteiger partial charge in [0.25, 0.3) is 5.91 Å². The fraction of sp³-hybridized carbons (Fsp3) is 0.423. The molecule has 2 aromatic rings. The van der Waals surface area contributed by atoms with Crippen LogP contribution in [0.5, 0.6) is 11.6 Å². The molecule has 34 heavy (non-hydrogen) atoms. The summed E-state index contributed by atoms with van der Waals surface area (Å²) in [5.41, 5.74) is 1.41. The topological polar surface area (TPSA) is 67.8 Å². The van der Waals surface area contributed by atoms with Gasteiger partial charge in [0.2, 0.25) is 5.88 Å². The monoisotopic (exact) mass is 484 g/mol. The van der Waals surface area contributed by atoms with Gasteiger partial charge in [-0.3, -0.25) is 4.79 Å². The van der Waals surface area contributed by atoms with Crippen molar-refractivity contribution in [3.05, 3.63) is 53.0 Å². The Morgan fingerprint density at radius 2 is 2.00 bits per heavy atom. The number of pyridine rings is 2. The fourth-order valence-corrected chi connectivity index (χ4v) is 3.45. The van der Waals surface area contributed by atoms with Gasteiger partial charge in [-0.05, 0) is 32.4 Å². The van der Waals surface area contributed by atoms with E-state index in [-0.39, 0.29) is 18.6 Å².